The van der Waals surface area contributed by atoms with Gasteiger partial charge in [-0.3, -0.25) is 5.01 Å². The first-order chi connectivity index (χ1) is 9.70. The Morgan fingerprint density at radius 3 is 2.12 bits per heavy atom. The normalized spacial score (nSPS) is 11.9. The van der Waals surface area contributed by atoms with Gasteiger partial charge in [0.05, 0.1) is 19.3 Å². The van der Waals surface area contributed by atoms with Gasteiger partial charge in [0.1, 0.15) is 0 Å². The van der Waals surface area contributed by atoms with Gasteiger partial charge in [-0.25, -0.2) is 0 Å². The molecule has 1 aromatic rings. The van der Waals surface area contributed by atoms with E-state index in [0.29, 0.717) is 29.2 Å². The van der Waals surface area contributed by atoms with Crippen molar-refractivity contribution in [3.63, 3.8) is 0 Å². The monoisotopic (exact) mass is 659 g/mol. The molecule has 1 aliphatic rings. The van der Waals surface area contributed by atoms with E-state index in [0.717, 1.165) is 5.01 Å². The summed E-state index contributed by atoms with van der Waals surface area (Å²) in [6.45, 7) is 7.82. The molecule has 1 aromatic heterocycles. The summed E-state index contributed by atoms with van der Waals surface area (Å²) in [6.07, 6.45) is 1.49. The van der Waals surface area contributed by atoms with Gasteiger partial charge in [-0.05, 0) is 13.0 Å². The maximum atomic E-state index is 13.7. The Bertz CT molecular complexity index is 599. The second kappa shape index (κ2) is 18.1. The zero-order valence-electron chi connectivity index (χ0n) is 16.4. The standard InChI is InChI=1S/C9H13FN4O4P.C2H6.4Rb/c1-6-4-8-9(12(3)14(6)10)13(7(2)11-8)5-18-19(15,16)17;1-2;;;;/h4-5H,1-3H3,(H2,15,16,17);1-2H3;;;;/q-1;;4*+1/p-2. The number of anilines is 1. The molecule has 0 unspecified atom stereocenters. The maximum absolute atomic E-state index is 13.7. The first kappa shape index (κ1) is 38.0. The quantitative estimate of drug-likeness (QED) is 0.181. The van der Waals surface area contributed by atoms with Crippen LogP contribution in [0.15, 0.2) is 5.70 Å². The molecule has 8 nitrogen and oxygen atoms in total. The van der Waals surface area contributed by atoms with Gasteiger partial charge in [-0.1, -0.05) is 25.3 Å². The van der Waals surface area contributed by atoms with Crippen molar-refractivity contribution < 1.29 is 256 Å². The van der Waals surface area contributed by atoms with Gasteiger partial charge in [0.15, 0.2) is 0 Å². The van der Waals surface area contributed by atoms with E-state index in [-0.39, 0.29) is 239 Å². The van der Waals surface area contributed by atoms with Crippen molar-refractivity contribution in [3.05, 3.63) is 23.9 Å². The summed E-state index contributed by atoms with van der Waals surface area (Å²) in [5.74, 6) is 0.601. The molecule has 2 rings (SSSR count). The third kappa shape index (κ3) is 11.9. The molecule has 0 aromatic carbocycles. The topological polar surface area (TPSA) is 96.7 Å². The summed E-state index contributed by atoms with van der Waals surface area (Å²) >= 11 is 0. The van der Waals surface area contributed by atoms with E-state index in [4.69, 9.17) is 0 Å². The van der Waals surface area contributed by atoms with Gasteiger partial charge in [0.2, 0.25) is 0 Å². The van der Waals surface area contributed by atoms with Crippen LogP contribution in [-0.4, -0.2) is 21.8 Å². The van der Waals surface area contributed by atoms with Gasteiger partial charge >= 0.3 is 233 Å². The van der Waals surface area contributed by atoms with Crippen LogP contribution >= 0.6 is 7.82 Å². The summed E-state index contributed by atoms with van der Waals surface area (Å²) in [4.78, 5) is 25.1. The van der Waals surface area contributed by atoms with Crippen molar-refractivity contribution in [2.75, 3.05) is 12.1 Å². The van der Waals surface area contributed by atoms with E-state index in [1.807, 2.05) is 13.8 Å². The van der Waals surface area contributed by atoms with Crippen molar-refractivity contribution in [2.45, 2.75) is 27.7 Å². The van der Waals surface area contributed by atoms with Gasteiger partial charge in [0, 0.05) is 25.3 Å². The molecule has 0 aliphatic carbocycles. The molecule has 0 spiro atoms. The van der Waals surface area contributed by atoms with Gasteiger partial charge in [-0.15, -0.1) is 5.23 Å². The van der Waals surface area contributed by atoms with Crippen molar-refractivity contribution in [2.24, 2.45) is 0 Å². The van der Waals surface area contributed by atoms with Crippen molar-refractivity contribution in [3.8, 4) is 0 Å². The van der Waals surface area contributed by atoms with Crippen LogP contribution in [0.3, 0.4) is 0 Å². The number of hydrogen-bond donors (Lipinski definition) is 0. The third-order valence-electron chi connectivity index (χ3n) is 2.58. The van der Waals surface area contributed by atoms with Crippen LogP contribution in [0.2, 0.25) is 0 Å². The minimum Gasteiger partial charge on any atom is -0.790 e. The van der Waals surface area contributed by atoms with E-state index in [2.05, 4.69) is 9.51 Å². The fourth-order valence-corrected chi connectivity index (χ4v) is 1.99. The predicted molar refractivity (Wildman–Crippen MR) is 71.7 cm³/mol. The van der Waals surface area contributed by atoms with Crippen LogP contribution in [0.25, 0.3) is 6.08 Å². The number of phosphoric ester groups is 1. The smallest absolute Gasteiger partial charge is 0.790 e. The molecule has 120 valence electrons. The van der Waals surface area contributed by atoms with Crippen LogP contribution in [-0.2, 0) is 9.09 Å². The van der Waals surface area contributed by atoms with E-state index < -0.39 is 7.82 Å². The van der Waals surface area contributed by atoms with Gasteiger partial charge < -0.3 is 28.4 Å². The molecule has 0 fully saturated rings. The second-order valence-corrected chi connectivity index (χ2v) is 5.07. The van der Waals surface area contributed by atoms with Crippen LogP contribution < -0.4 is 248 Å². The summed E-state index contributed by atoms with van der Waals surface area (Å²) in [6, 6.07) is 0. The SMILES string of the molecule is CC.CC1=Cc2nc(C)n([CH-]OP(=O)([O-])[O-])c2N(C)N1F.[Rb+].[Rb+].[Rb+].[Rb+]. The fourth-order valence-electron chi connectivity index (χ4n) is 1.78. The first-order valence-electron chi connectivity index (χ1n) is 6.21. The minimum absolute atomic E-state index is 0. The summed E-state index contributed by atoms with van der Waals surface area (Å²) in [5, 5.41) is 1.48. The Morgan fingerprint density at radius 2 is 1.68 bits per heavy atom. The molecular formula is C11H17FN4O4PRb4+. The summed E-state index contributed by atoms with van der Waals surface area (Å²) in [7, 11) is -3.73. The molecule has 0 amide bonds. The predicted octanol–water partition coefficient (Wildman–Crippen LogP) is -11.0. The van der Waals surface area contributed by atoms with Gasteiger partial charge in [0.25, 0.3) is 0 Å². The minimum atomic E-state index is -5.16. The number of imidazole rings is 1. The zero-order chi connectivity index (χ0) is 16.4. The number of aryl methyl sites for hydroxylation is 1. The third-order valence-corrected chi connectivity index (χ3v) is 2.93. The Labute approximate surface area is 343 Å². The van der Waals surface area contributed by atoms with E-state index in [1.54, 1.807) is 13.8 Å². The second-order valence-electron chi connectivity index (χ2n) is 3.97. The molecule has 0 N–H and O–H groups in total. The molecule has 1 aliphatic heterocycles. The van der Waals surface area contributed by atoms with Crippen molar-refractivity contribution in [1.29, 1.82) is 0 Å². The van der Waals surface area contributed by atoms with Crippen LogP contribution in [0.5, 0.6) is 0 Å². The molecule has 14 heteroatoms. The number of phosphoric acid groups is 1. The van der Waals surface area contributed by atoms with Gasteiger partial charge in [-0.2, -0.15) is 0 Å². The van der Waals surface area contributed by atoms with E-state index in [9.17, 15) is 18.8 Å². The average Bonchev–Trinajstić information content (AvgIpc) is 2.71. The van der Waals surface area contributed by atoms with Crippen LogP contribution in [0.4, 0.5) is 10.3 Å². The number of fused-ring (bicyclic) bond motifs is 1. The van der Waals surface area contributed by atoms with Crippen molar-refractivity contribution in [1.82, 2.24) is 14.8 Å². The molecule has 0 radical (unpaired) electrons. The molecule has 0 saturated heterocycles. The number of halogens is 1. The number of aromatic nitrogens is 2. The summed E-state index contributed by atoms with van der Waals surface area (Å²) < 4.78 is 29.5. The molecule has 0 atom stereocenters. The van der Waals surface area contributed by atoms with Crippen molar-refractivity contribution >= 4 is 19.7 Å². The Hall–Kier alpha value is 5.68. The molecule has 2 heterocycles. The van der Waals surface area contributed by atoms with Crippen LogP contribution in [0, 0.1) is 13.7 Å². The summed E-state index contributed by atoms with van der Waals surface area (Å²) in [5.41, 5.74) is 0.761. The number of hydrazine groups is 1. The Morgan fingerprint density at radius 1 is 1.20 bits per heavy atom. The molecule has 0 bridgehead atoms. The molecule has 0 saturated carbocycles. The first-order valence-corrected chi connectivity index (χ1v) is 7.67. The Kier molecular flexibility index (Phi) is 27.6. The fraction of sp³-hybridized carbons (Fsp3) is 0.455. The zero-order valence-corrected chi connectivity index (χ0v) is 37.0. The van der Waals surface area contributed by atoms with E-state index >= 15 is 0 Å². The van der Waals surface area contributed by atoms with E-state index in [1.165, 1.54) is 17.7 Å². The molecule has 25 heavy (non-hydrogen) atoms. The number of nitrogens with zero attached hydrogens (tertiary/aromatic N) is 4. The number of rotatable bonds is 3. The largest absolute Gasteiger partial charge is 1.00 e. The molecular weight excluding hydrogens is 644 g/mol. The Balaban J connectivity index is -0.000000355. The van der Waals surface area contributed by atoms with Crippen LogP contribution in [0.1, 0.15) is 32.3 Å². The average molecular weight is 661 g/mol. The number of hydrogen-bond acceptors (Lipinski definition) is 7. The number of allylic oxidation sites excluding steroid dienone is 1. The maximum Gasteiger partial charge on any atom is 1.00 e.